The Balaban J connectivity index is 3.76. The fraction of sp³-hybridized carbons (Fsp3) is 0.727. The highest BCUT2D eigenvalue weighted by atomic mass is 31.2. The van der Waals surface area contributed by atoms with E-state index in [4.69, 9.17) is 11.8 Å². The smallest absolute Gasteiger partial charge is 0.313 e. The first-order chi connectivity index (χ1) is 11.1. The van der Waals surface area contributed by atoms with Crippen molar-refractivity contribution in [3.8, 4) is 0 Å². The maximum atomic E-state index is 13.3. The zero-order valence-corrected chi connectivity index (χ0v) is 14.8. The highest BCUT2D eigenvalue weighted by Gasteiger charge is 2.61. The third-order valence-electron chi connectivity index (χ3n) is 2.85. The van der Waals surface area contributed by atoms with E-state index in [-0.39, 0.29) is 13.1 Å². The van der Waals surface area contributed by atoms with Gasteiger partial charge in [0.2, 0.25) is 0 Å². The minimum atomic E-state index is -4.42. The summed E-state index contributed by atoms with van der Waals surface area (Å²) in [5.74, 6) is 0. The van der Waals surface area contributed by atoms with Crippen LogP contribution in [0.4, 0.5) is 0 Å². The van der Waals surface area contributed by atoms with Crippen LogP contribution in [0.15, 0.2) is 18.7 Å². The zero-order valence-electron chi connectivity index (χ0n) is 15.0. The van der Waals surface area contributed by atoms with Crippen molar-refractivity contribution in [1.29, 1.82) is 0 Å². The van der Waals surface area contributed by atoms with Crippen LogP contribution in [0.1, 0.15) is 16.6 Å². The second-order valence-corrected chi connectivity index (χ2v) is 9.42. The Hall–Kier alpha value is -0.530. The van der Waals surface area contributed by atoms with Gasteiger partial charge in [0.15, 0.2) is 0 Å². The zero-order chi connectivity index (χ0) is 18.6. The molecule has 1 rings (SSSR count). The van der Waals surface area contributed by atoms with Gasteiger partial charge < -0.3 is 18.7 Å². The first-order valence-corrected chi connectivity index (χ1v) is 9.88. The fourth-order valence-corrected chi connectivity index (χ4v) is 6.66. The number of aromatic nitrogens is 2. The van der Waals surface area contributed by atoms with Gasteiger partial charge in [-0.25, -0.2) is 15.2 Å². The molecule has 128 valence electrons. The maximum Gasteiger partial charge on any atom is 0.313 e. The van der Waals surface area contributed by atoms with Crippen molar-refractivity contribution in [2.24, 2.45) is 0 Å². The van der Waals surface area contributed by atoms with E-state index in [1.54, 1.807) is 13.8 Å². The van der Waals surface area contributed by atoms with Crippen molar-refractivity contribution in [3.63, 3.8) is 0 Å². The Morgan fingerprint density at radius 1 is 1.27 bits per heavy atom. The van der Waals surface area contributed by atoms with Crippen molar-refractivity contribution in [1.82, 2.24) is 19.7 Å². The van der Waals surface area contributed by atoms with E-state index in [9.17, 15) is 14.2 Å². The topological polar surface area (TPSA) is 115 Å². The quantitative estimate of drug-likeness (QED) is 0.539. The molecule has 9 nitrogen and oxygen atoms in total. The van der Waals surface area contributed by atoms with Crippen molar-refractivity contribution >= 4 is 15.0 Å². The van der Waals surface area contributed by atoms with Gasteiger partial charge >= 0.3 is 15.0 Å². The van der Waals surface area contributed by atoms with Crippen molar-refractivity contribution in [3.05, 3.63) is 18.7 Å². The predicted octanol–water partition coefficient (Wildman–Crippen LogP) is 1.43. The summed E-state index contributed by atoms with van der Waals surface area (Å²) >= 11 is 0. The summed E-state index contributed by atoms with van der Waals surface area (Å²) in [7, 11) is -6.78. The molecule has 0 amide bonds. The summed E-state index contributed by atoms with van der Waals surface area (Å²) in [6, 6.07) is 0. The van der Waals surface area contributed by atoms with Crippen LogP contribution in [-0.4, -0.2) is 47.0 Å². The molecule has 0 bridgehead atoms. The average Bonchev–Trinajstić information content (AvgIpc) is 3.09. The third-order valence-corrected chi connectivity index (χ3v) is 8.77. The van der Waals surface area contributed by atoms with E-state index in [1.807, 2.05) is 0 Å². The van der Waals surface area contributed by atoms with Gasteiger partial charge in [-0.05, 0) is 0 Å². The summed E-state index contributed by atoms with van der Waals surface area (Å²) in [4.78, 5) is 3.72. The van der Waals surface area contributed by atoms with Gasteiger partial charge in [0, 0.05) is 39.7 Å². The summed E-state index contributed by atoms with van der Waals surface area (Å²) in [5, 5.41) is 13.1. The SMILES string of the molecule is [2H]C([2H])(n1ccnc1)C(O)(P(=O)(NCC)OC)P(=O)(NCC)OC. The second-order valence-electron chi connectivity index (χ2n) is 4.21. The summed E-state index contributed by atoms with van der Waals surface area (Å²) in [5.41, 5.74) is 0. The van der Waals surface area contributed by atoms with Gasteiger partial charge in [-0.3, -0.25) is 9.13 Å². The molecule has 0 aliphatic carbocycles. The molecule has 1 heterocycles. The molecule has 0 aliphatic heterocycles. The van der Waals surface area contributed by atoms with Gasteiger partial charge in [0.05, 0.1) is 15.6 Å². The van der Waals surface area contributed by atoms with Crippen molar-refractivity contribution in [2.45, 2.75) is 25.4 Å². The average molecular weight is 356 g/mol. The van der Waals surface area contributed by atoms with E-state index in [0.717, 1.165) is 25.1 Å². The number of aliphatic hydroxyl groups is 1. The van der Waals surface area contributed by atoms with Gasteiger partial charge in [-0.1, -0.05) is 13.8 Å². The van der Waals surface area contributed by atoms with Crippen LogP contribution < -0.4 is 10.2 Å². The van der Waals surface area contributed by atoms with Crippen LogP contribution in [-0.2, 0) is 24.7 Å². The van der Waals surface area contributed by atoms with Crippen molar-refractivity contribution in [2.75, 3.05) is 27.3 Å². The van der Waals surface area contributed by atoms with Crippen LogP contribution in [0.25, 0.3) is 0 Å². The first kappa shape index (κ1) is 16.3. The molecule has 0 aromatic carbocycles. The number of nitrogens with zero attached hydrogens (tertiary/aromatic N) is 2. The third kappa shape index (κ3) is 3.51. The highest BCUT2D eigenvalue weighted by Crippen LogP contribution is 2.72. The molecule has 2 unspecified atom stereocenters. The summed E-state index contributed by atoms with van der Waals surface area (Å²) < 4.78 is 54.1. The van der Waals surface area contributed by atoms with Crippen LogP contribution in [0, 0.1) is 0 Å². The molecule has 0 saturated heterocycles. The molecule has 3 N–H and O–H groups in total. The van der Waals surface area contributed by atoms with Gasteiger partial charge in [0.25, 0.3) is 5.08 Å². The largest absolute Gasteiger partial charge is 0.368 e. The molecular weight excluding hydrogens is 330 g/mol. The molecule has 0 fully saturated rings. The van der Waals surface area contributed by atoms with E-state index in [0.29, 0.717) is 0 Å². The van der Waals surface area contributed by atoms with E-state index in [2.05, 4.69) is 15.2 Å². The second kappa shape index (κ2) is 7.84. The molecule has 0 spiro atoms. The molecule has 0 aliphatic rings. The summed E-state index contributed by atoms with van der Waals surface area (Å²) in [6.07, 6.45) is 3.56. The molecule has 2 atom stereocenters. The van der Waals surface area contributed by atoms with E-state index in [1.165, 1.54) is 12.4 Å². The van der Waals surface area contributed by atoms with Crippen LogP contribution >= 0.6 is 15.0 Å². The number of hydrogen-bond acceptors (Lipinski definition) is 6. The van der Waals surface area contributed by atoms with Crippen LogP contribution in [0.2, 0.25) is 0 Å². The van der Waals surface area contributed by atoms with E-state index >= 15 is 0 Å². The lowest BCUT2D eigenvalue weighted by Gasteiger charge is -2.39. The van der Waals surface area contributed by atoms with Crippen LogP contribution in [0.5, 0.6) is 0 Å². The van der Waals surface area contributed by atoms with Gasteiger partial charge in [-0.2, -0.15) is 0 Å². The molecule has 0 radical (unpaired) electrons. The van der Waals surface area contributed by atoms with E-state index < -0.39 is 26.6 Å². The Bertz CT molecular complexity index is 600. The molecular formula is C11H24N4O5P2. The number of rotatable bonds is 10. The molecule has 0 saturated carbocycles. The van der Waals surface area contributed by atoms with Gasteiger partial charge in [0.1, 0.15) is 0 Å². The molecule has 1 aromatic rings. The summed E-state index contributed by atoms with van der Waals surface area (Å²) in [6.45, 7) is 0.477. The Morgan fingerprint density at radius 2 is 1.77 bits per heavy atom. The fourth-order valence-electron chi connectivity index (χ4n) is 1.82. The standard InChI is InChI=1S/C11H24N4O5P2/c1-5-13-21(17,19-3)11(16,9-15-8-7-12-10-15)22(18,20-4)14-6-2/h7-8,10,16H,5-6,9H2,1-4H3,(H,13,17)(H,14,18)/i9D2. The number of nitrogens with one attached hydrogen (secondary N) is 2. The number of imidazole rings is 1. The monoisotopic (exact) mass is 356 g/mol. The molecule has 11 heteroatoms. The minimum Gasteiger partial charge on any atom is -0.368 e. The van der Waals surface area contributed by atoms with Crippen LogP contribution in [0.3, 0.4) is 0 Å². The maximum absolute atomic E-state index is 13.3. The lowest BCUT2D eigenvalue weighted by atomic mass is 10.6. The number of hydrogen-bond donors (Lipinski definition) is 3. The lowest BCUT2D eigenvalue weighted by molar-refractivity contribution is 0.134. The van der Waals surface area contributed by atoms with Gasteiger partial charge in [-0.15, -0.1) is 0 Å². The Kier molecular flexibility index (Phi) is 5.82. The molecule has 22 heavy (non-hydrogen) atoms. The first-order valence-electron chi connectivity index (χ1n) is 7.63. The lowest BCUT2D eigenvalue weighted by Crippen LogP contribution is -2.43. The Labute approximate surface area is 133 Å². The molecule has 1 aromatic heterocycles. The van der Waals surface area contributed by atoms with Crippen molar-refractivity contribution < 1.29 is 26.0 Å². The minimum absolute atomic E-state index is 0.0727. The normalized spacial score (nSPS) is 22.0. The Morgan fingerprint density at radius 3 is 2.09 bits per heavy atom. The highest BCUT2D eigenvalue weighted by molar-refractivity contribution is 7.76. The predicted molar refractivity (Wildman–Crippen MR) is 83.8 cm³/mol.